The SMILES string of the molecule is Nc1nc2ccc(C(O)C(O)CNC(=O)OCC3c4ccccc4-c4ccccc43)cc2s1. The van der Waals surface area contributed by atoms with Gasteiger partial charge in [-0.1, -0.05) is 65.9 Å². The number of benzene rings is 3. The average molecular weight is 462 g/mol. The second-order valence-corrected chi connectivity index (χ2v) is 9.06. The van der Waals surface area contributed by atoms with E-state index in [1.54, 1.807) is 18.2 Å². The molecule has 1 amide bonds. The number of fused-ring (bicyclic) bond motifs is 4. The van der Waals surface area contributed by atoms with Gasteiger partial charge in [0.15, 0.2) is 5.13 Å². The standard InChI is InChI=1S/C25H23N3O4S/c26-24-28-20-10-9-14(11-22(20)33-24)23(30)21(29)12-27-25(31)32-13-19-17-7-3-1-5-15(17)16-6-2-4-8-18(16)19/h1-11,19,21,23,29-30H,12-13H2,(H2,26,28)(H,27,31). The topological polar surface area (TPSA) is 118 Å². The molecule has 1 heterocycles. The van der Waals surface area contributed by atoms with E-state index in [1.165, 1.54) is 11.3 Å². The van der Waals surface area contributed by atoms with E-state index < -0.39 is 18.3 Å². The van der Waals surface area contributed by atoms with Gasteiger partial charge in [0.2, 0.25) is 0 Å². The van der Waals surface area contributed by atoms with Crippen molar-refractivity contribution in [2.75, 3.05) is 18.9 Å². The van der Waals surface area contributed by atoms with E-state index in [4.69, 9.17) is 10.5 Å². The maximum absolute atomic E-state index is 12.3. The van der Waals surface area contributed by atoms with Gasteiger partial charge in [0.1, 0.15) is 18.8 Å². The number of aliphatic hydroxyl groups is 2. The van der Waals surface area contributed by atoms with Gasteiger partial charge in [-0.2, -0.15) is 0 Å². The van der Waals surface area contributed by atoms with Crippen LogP contribution in [0.2, 0.25) is 0 Å². The number of amides is 1. The Kier molecular flexibility index (Phi) is 5.72. The van der Waals surface area contributed by atoms with Crippen LogP contribution in [0, 0.1) is 0 Å². The number of nitrogens with zero attached hydrogens (tertiary/aromatic N) is 1. The largest absolute Gasteiger partial charge is 0.449 e. The zero-order valence-corrected chi connectivity index (χ0v) is 18.5. The summed E-state index contributed by atoms with van der Waals surface area (Å²) in [5.74, 6) is -0.0442. The van der Waals surface area contributed by atoms with Gasteiger partial charge in [0, 0.05) is 12.5 Å². The number of hydrogen-bond donors (Lipinski definition) is 4. The highest BCUT2D eigenvalue weighted by Crippen LogP contribution is 2.44. The number of anilines is 1. The van der Waals surface area contributed by atoms with Crippen LogP contribution in [0.5, 0.6) is 0 Å². The third kappa shape index (κ3) is 4.16. The Morgan fingerprint density at radius 3 is 2.42 bits per heavy atom. The summed E-state index contributed by atoms with van der Waals surface area (Å²) in [5.41, 5.74) is 11.5. The molecule has 33 heavy (non-hydrogen) atoms. The highest BCUT2D eigenvalue weighted by molar-refractivity contribution is 7.22. The summed E-state index contributed by atoms with van der Waals surface area (Å²) < 4.78 is 6.29. The quantitative estimate of drug-likeness (QED) is 0.347. The minimum absolute atomic E-state index is 0.0442. The van der Waals surface area contributed by atoms with Gasteiger partial charge in [-0.3, -0.25) is 0 Å². The van der Waals surface area contributed by atoms with Crippen LogP contribution in [0.1, 0.15) is 28.7 Å². The smallest absolute Gasteiger partial charge is 0.407 e. The molecule has 2 atom stereocenters. The number of nitrogen functional groups attached to an aromatic ring is 1. The second kappa shape index (κ2) is 8.82. The first-order valence-corrected chi connectivity index (χ1v) is 11.4. The lowest BCUT2D eigenvalue weighted by molar-refractivity contribution is 0.0186. The molecule has 0 aliphatic heterocycles. The van der Waals surface area contributed by atoms with Crippen LogP contribution in [0.4, 0.5) is 9.93 Å². The highest BCUT2D eigenvalue weighted by Gasteiger charge is 2.29. The Morgan fingerprint density at radius 2 is 1.73 bits per heavy atom. The molecule has 3 aromatic carbocycles. The molecular formula is C25H23N3O4S. The molecule has 168 valence electrons. The Labute approximate surface area is 194 Å². The minimum atomic E-state index is -1.20. The zero-order valence-electron chi connectivity index (χ0n) is 17.6. The number of rotatable bonds is 6. The Balaban J connectivity index is 1.18. The molecule has 1 aliphatic carbocycles. The Bertz CT molecular complexity index is 1280. The van der Waals surface area contributed by atoms with Crippen molar-refractivity contribution in [1.29, 1.82) is 0 Å². The molecule has 0 spiro atoms. The molecule has 7 nitrogen and oxygen atoms in total. The molecular weight excluding hydrogens is 438 g/mol. The second-order valence-electron chi connectivity index (χ2n) is 8.00. The molecule has 8 heteroatoms. The normalized spacial score (nSPS) is 14.5. The van der Waals surface area contributed by atoms with Crippen LogP contribution in [-0.2, 0) is 4.74 Å². The van der Waals surface area contributed by atoms with E-state index in [0.29, 0.717) is 10.7 Å². The number of hydrogen-bond acceptors (Lipinski definition) is 7. The van der Waals surface area contributed by atoms with Crippen molar-refractivity contribution in [3.63, 3.8) is 0 Å². The predicted octanol–water partition coefficient (Wildman–Crippen LogP) is 3.81. The molecule has 5 rings (SSSR count). The number of nitrogens with one attached hydrogen (secondary N) is 1. The molecule has 4 aromatic rings. The first kappa shape index (κ1) is 21.4. The molecule has 0 saturated carbocycles. The molecule has 0 saturated heterocycles. The molecule has 1 aromatic heterocycles. The van der Waals surface area contributed by atoms with Gasteiger partial charge < -0.3 is 26.0 Å². The maximum atomic E-state index is 12.3. The van der Waals surface area contributed by atoms with E-state index in [2.05, 4.69) is 34.6 Å². The van der Waals surface area contributed by atoms with Crippen molar-refractivity contribution in [3.05, 3.63) is 83.4 Å². The summed E-state index contributed by atoms with van der Waals surface area (Å²) in [6, 6.07) is 21.4. The molecule has 0 bridgehead atoms. The first-order valence-electron chi connectivity index (χ1n) is 10.6. The fourth-order valence-corrected chi connectivity index (χ4v) is 5.10. The van der Waals surface area contributed by atoms with Crippen LogP contribution < -0.4 is 11.1 Å². The lowest BCUT2D eigenvalue weighted by Crippen LogP contribution is -2.36. The summed E-state index contributed by atoms with van der Waals surface area (Å²) in [7, 11) is 0. The van der Waals surface area contributed by atoms with Gasteiger partial charge in [-0.05, 0) is 39.9 Å². The number of aliphatic hydroxyl groups excluding tert-OH is 2. The van der Waals surface area contributed by atoms with Crippen LogP contribution in [-0.4, -0.2) is 40.5 Å². The number of carbonyl (C=O) groups excluding carboxylic acids is 1. The highest BCUT2D eigenvalue weighted by atomic mass is 32.1. The van der Waals surface area contributed by atoms with E-state index in [-0.39, 0.29) is 19.1 Å². The Morgan fingerprint density at radius 1 is 1.06 bits per heavy atom. The number of carbonyl (C=O) groups is 1. The number of alkyl carbamates (subject to hydrolysis) is 1. The summed E-state index contributed by atoms with van der Waals surface area (Å²) in [6.07, 6.45) is -3.02. The number of nitrogens with two attached hydrogens (primary N) is 1. The number of thiazole rings is 1. The molecule has 2 unspecified atom stereocenters. The molecule has 1 aliphatic rings. The van der Waals surface area contributed by atoms with Crippen molar-refractivity contribution >= 4 is 32.8 Å². The van der Waals surface area contributed by atoms with E-state index >= 15 is 0 Å². The molecule has 0 radical (unpaired) electrons. The monoisotopic (exact) mass is 461 g/mol. The third-order valence-electron chi connectivity index (χ3n) is 5.93. The first-order chi connectivity index (χ1) is 16.0. The summed E-state index contributed by atoms with van der Waals surface area (Å²) in [6.45, 7) is 0.0304. The summed E-state index contributed by atoms with van der Waals surface area (Å²) in [4.78, 5) is 16.5. The van der Waals surface area contributed by atoms with E-state index in [9.17, 15) is 15.0 Å². The fraction of sp³-hybridized carbons (Fsp3) is 0.200. The van der Waals surface area contributed by atoms with Gasteiger partial charge >= 0.3 is 6.09 Å². The van der Waals surface area contributed by atoms with Crippen LogP contribution in [0.15, 0.2) is 66.7 Å². The van der Waals surface area contributed by atoms with E-state index in [1.807, 2.05) is 24.3 Å². The summed E-state index contributed by atoms with van der Waals surface area (Å²) >= 11 is 1.31. The average Bonchev–Trinajstić information content (AvgIpc) is 3.37. The lowest BCUT2D eigenvalue weighted by atomic mass is 9.98. The third-order valence-corrected chi connectivity index (χ3v) is 6.78. The molecule has 0 fully saturated rings. The predicted molar refractivity (Wildman–Crippen MR) is 128 cm³/mol. The minimum Gasteiger partial charge on any atom is -0.449 e. The molecule has 5 N–H and O–H groups in total. The van der Waals surface area contributed by atoms with E-state index in [0.717, 1.165) is 32.5 Å². The van der Waals surface area contributed by atoms with Crippen molar-refractivity contribution < 1.29 is 19.7 Å². The fourth-order valence-electron chi connectivity index (χ4n) is 4.31. The van der Waals surface area contributed by atoms with Gasteiger partial charge in [0.05, 0.1) is 10.2 Å². The van der Waals surface area contributed by atoms with Crippen molar-refractivity contribution in [3.8, 4) is 11.1 Å². The number of aromatic nitrogens is 1. The Hall–Kier alpha value is -3.46. The van der Waals surface area contributed by atoms with Crippen molar-refractivity contribution in [2.24, 2.45) is 0 Å². The van der Waals surface area contributed by atoms with Crippen LogP contribution in [0.25, 0.3) is 21.3 Å². The van der Waals surface area contributed by atoms with Crippen molar-refractivity contribution in [2.45, 2.75) is 18.1 Å². The number of ether oxygens (including phenoxy) is 1. The van der Waals surface area contributed by atoms with Gasteiger partial charge in [0.25, 0.3) is 0 Å². The van der Waals surface area contributed by atoms with Gasteiger partial charge in [-0.15, -0.1) is 0 Å². The van der Waals surface area contributed by atoms with Crippen LogP contribution in [0.3, 0.4) is 0 Å². The van der Waals surface area contributed by atoms with Crippen molar-refractivity contribution in [1.82, 2.24) is 10.3 Å². The van der Waals surface area contributed by atoms with Crippen LogP contribution >= 0.6 is 11.3 Å². The lowest BCUT2D eigenvalue weighted by Gasteiger charge is -2.19. The van der Waals surface area contributed by atoms with Gasteiger partial charge in [-0.25, -0.2) is 9.78 Å². The summed E-state index contributed by atoms with van der Waals surface area (Å²) in [5, 5.41) is 23.9. The zero-order chi connectivity index (χ0) is 22.9. The maximum Gasteiger partial charge on any atom is 0.407 e.